The summed E-state index contributed by atoms with van der Waals surface area (Å²) in [5.41, 5.74) is 2.37. The molecule has 102 valence electrons. The first kappa shape index (κ1) is 14.2. The lowest BCUT2D eigenvalue weighted by atomic mass is 10.0. The van der Waals surface area contributed by atoms with E-state index >= 15 is 0 Å². The molecule has 0 saturated carbocycles. The molecule has 3 heteroatoms. The van der Waals surface area contributed by atoms with Crippen LogP contribution in [0.25, 0.3) is 0 Å². The molecule has 0 aliphatic heterocycles. The van der Waals surface area contributed by atoms with Gasteiger partial charge in [0.2, 0.25) is 0 Å². The lowest BCUT2D eigenvalue weighted by molar-refractivity contribution is 0.449. The van der Waals surface area contributed by atoms with Crippen molar-refractivity contribution in [2.75, 3.05) is 6.54 Å². The normalized spacial score (nSPS) is 12.6. The zero-order valence-electron chi connectivity index (χ0n) is 11.4. The van der Waals surface area contributed by atoms with Crippen LogP contribution >= 0.6 is 11.6 Å². The summed E-state index contributed by atoms with van der Waals surface area (Å²) in [5, 5.41) is 4.38. The molecule has 2 nitrogen and oxygen atoms in total. The number of furan rings is 1. The van der Waals surface area contributed by atoms with Crippen molar-refractivity contribution in [1.29, 1.82) is 0 Å². The Hall–Kier alpha value is -1.25. The second-order valence-corrected chi connectivity index (χ2v) is 5.21. The minimum atomic E-state index is 0.266. The molecule has 1 unspecified atom stereocenters. The largest absolute Gasteiger partial charge is 0.469 e. The van der Waals surface area contributed by atoms with Crippen LogP contribution in [0.4, 0.5) is 0 Å². The van der Waals surface area contributed by atoms with E-state index in [0.717, 1.165) is 35.7 Å². The minimum Gasteiger partial charge on any atom is -0.469 e. The molecule has 0 spiro atoms. The maximum absolute atomic E-state index is 6.09. The topological polar surface area (TPSA) is 25.2 Å². The van der Waals surface area contributed by atoms with Gasteiger partial charge in [-0.05, 0) is 49.2 Å². The van der Waals surface area contributed by atoms with Crippen molar-refractivity contribution >= 4 is 11.6 Å². The number of nitrogens with one attached hydrogen (secondary N) is 1. The third-order valence-electron chi connectivity index (χ3n) is 3.21. The van der Waals surface area contributed by atoms with Gasteiger partial charge in [0.25, 0.3) is 0 Å². The standard InChI is InChI=1S/C16H20ClNO/c1-3-8-18-16(11-14-5-4-9-19-14)13-6-7-15(17)12(2)10-13/h4-7,9-10,16,18H,3,8,11H2,1-2H3. The van der Waals surface area contributed by atoms with Gasteiger partial charge in [0.05, 0.1) is 6.26 Å². The van der Waals surface area contributed by atoms with Gasteiger partial charge in [-0.3, -0.25) is 0 Å². The molecule has 2 rings (SSSR count). The van der Waals surface area contributed by atoms with Gasteiger partial charge in [-0.15, -0.1) is 0 Å². The number of halogens is 1. The molecule has 1 aromatic carbocycles. The highest BCUT2D eigenvalue weighted by Crippen LogP contribution is 2.23. The monoisotopic (exact) mass is 277 g/mol. The average molecular weight is 278 g/mol. The van der Waals surface area contributed by atoms with E-state index in [9.17, 15) is 0 Å². The Labute approximate surface area is 119 Å². The Bertz CT molecular complexity index is 507. The van der Waals surface area contributed by atoms with Gasteiger partial charge in [0, 0.05) is 17.5 Å². The first-order valence-electron chi connectivity index (χ1n) is 6.72. The van der Waals surface area contributed by atoms with Crippen molar-refractivity contribution in [3.8, 4) is 0 Å². The first-order chi connectivity index (χ1) is 9.20. The third kappa shape index (κ3) is 3.85. The average Bonchev–Trinajstić information content (AvgIpc) is 2.91. The van der Waals surface area contributed by atoms with Gasteiger partial charge in [-0.25, -0.2) is 0 Å². The lowest BCUT2D eigenvalue weighted by Gasteiger charge is -2.19. The zero-order chi connectivity index (χ0) is 13.7. The van der Waals surface area contributed by atoms with Crippen LogP contribution in [0, 0.1) is 6.92 Å². The van der Waals surface area contributed by atoms with Crippen molar-refractivity contribution in [2.24, 2.45) is 0 Å². The number of hydrogen-bond acceptors (Lipinski definition) is 2. The second kappa shape index (κ2) is 6.78. The van der Waals surface area contributed by atoms with Gasteiger partial charge in [0.15, 0.2) is 0 Å². The van der Waals surface area contributed by atoms with Crippen molar-refractivity contribution in [3.63, 3.8) is 0 Å². The molecule has 0 radical (unpaired) electrons. The quantitative estimate of drug-likeness (QED) is 0.839. The second-order valence-electron chi connectivity index (χ2n) is 4.80. The highest BCUT2D eigenvalue weighted by molar-refractivity contribution is 6.31. The summed E-state index contributed by atoms with van der Waals surface area (Å²) in [7, 11) is 0. The fourth-order valence-electron chi connectivity index (χ4n) is 2.14. The van der Waals surface area contributed by atoms with Crippen LogP contribution < -0.4 is 5.32 Å². The molecule has 2 aromatic rings. The summed E-state index contributed by atoms with van der Waals surface area (Å²) in [6.07, 6.45) is 3.69. The summed E-state index contributed by atoms with van der Waals surface area (Å²) < 4.78 is 5.45. The van der Waals surface area contributed by atoms with Crippen LogP contribution in [0.15, 0.2) is 41.0 Å². The molecule has 0 saturated heterocycles. The molecular formula is C16H20ClNO. The number of rotatable bonds is 6. The molecule has 0 aliphatic rings. The maximum atomic E-state index is 6.09. The predicted octanol–water partition coefficient (Wildman–Crippen LogP) is 4.52. The Kier molecular flexibility index (Phi) is 5.06. The summed E-state index contributed by atoms with van der Waals surface area (Å²) in [6, 6.07) is 10.4. The summed E-state index contributed by atoms with van der Waals surface area (Å²) in [5.74, 6) is 1.00. The lowest BCUT2D eigenvalue weighted by Crippen LogP contribution is -2.24. The Morgan fingerprint density at radius 3 is 2.79 bits per heavy atom. The molecule has 1 aromatic heterocycles. The van der Waals surface area contributed by atoms with Crippen molar-refractivity contribution in [2.45, 2.75) is 32.7 Å². The SMILES string of the molecule is CCCNC(Cc1ccco1)c1ccc(Cl)c(C)c1. The van der Waals surface area contributed by atoms with E-state index in [-0.39, 0.29) is 6.04 Å². The summed E-state index contributed by atoms with van der Waals surface area (Å²) in [4.78, 5) is 0. The van der Waals surface area contributed by atoms with Crippen LogP contribution in [0.5, 0.6) is 0 Å². The fraction of sp³-hybridized carbons (Fsp3) is 0.375. The van der Waals surface area contributed by atoms with E-state index in [2.05, 4.69) is 24.4 Å². The molecular weight excluding hydrogens is 258 g/mol. The number of benzene rings is 1. The highest BCUT2D eigenvalue weighted by Gasteiger charge is 2.13. The Morgan fingerprint density at radius 1 is 1.32 bits per heavy atom. The van der Waals surface area contributed by atoms with Gasteiger partial charge < -0.3 is 9.73 Å². The van der Waals surface area contributed by atoms with Crippen LogP contribution in [0.1, 0.15) is 36.3 Å². The molecule has 0 bridgehead atoms. The molecule has 1 atom stereocenters. The van der Waals surface area contributed by atoms with E-state index < -0.39 is 0 Å². The number of aryl methyl sites for hydroxylation is 1. The molecule has 0 amide bonds. The Balaban J connectivity index is 2.18. The third-order valence-corrected chi connectivity index (χ3v) is 3.63. The van der Waals surface area contributed by atoms with Crippen LogP contribution in [0.2, 0.25) is 5.02 Å². The minimum absolute atomic E-state index is 0.266. The zero-order valence-corrected chi connectivity index (χ0v) is 12.2. The van der Waals surface area contributed by atoms with Crippen LogP contribution in [-0.2, 0) is 6.42 Å². The highest BCUT2D eigenvalue weighted by atomic mass is 35.5. The van der Waals surface area contributed by atoms with Crippen molar-refractivity contribution in [3.05, 3.63) is 58.5 Å². The number of hydrogen-bond donors (Lipinski definition) is 1. The van der Waals surface area contributed by atoms with Crippen LogP contribution in [-0.4, -0.2) is 6.54 Å². The molecule has 19 heavy (non-hydrogen) atoms. The molecule has 1 heterocycles. The summed E-state index contributed by atoms with van der Waals surface area (Å²) in [6.45, 7) is 5.20. The smallest absolute Gasteiger partial charge is 0.105 e. The maximum Gasteiger partial charge on any atom is 0.105 e. The van der Waals surface area contributed by atoms with Crippen LogP contribution in [0.3, 0.4) is 0 Å². The van der Waals surface area contributed by atoms with E-state index in [1.165, 1.54) is 5.56 Å². The van der Waals surface area contributed by atoms with Gasteiger partial charge >= 0.3 is 0 Å². The van der Waals surface area contributed by atoms with E-state index in [1.807, 2.05) is 25.1 Å². The molecule has 0 fully saturated rings. The van der Waals surface area contributed by atoms with Crippen molar-refractivity contribution in [1.82, 2.24) is 5.32 Å². The first-order valence-corrected chi connectivity index (χ1v) is 7.10. The van der Waals surface area contributed by atoms with E-state index in [4.69, 9.17) is 16.0 Å². The van der Waals surface area contributed by atoms with E-state index in [1.54, 1.807) is 6.26 Å². The van der Waals surface area contributed by atoms with Gasteiger partial charge in [-0.2, -0.15) is 0 Å². The van der Waals surface area contributed by atoms with Gasteiger partial charge in [-0.1, -0.05) is 30.7 Å². The predicted molar refractivity (Wildman–Crippen MR) is 79.6 cm³/mol. The fourth-order valence-corrected chi connectivity index (χ4v) is 2.26. The molecule has 1 N–H and O–H groups in total. The Morgan fingerprint density at radius 2 is 2.16 bits per heavy atom. The molecule has 0 aliphatic carbocycles. The van der Waals surface area contributed by atoms with E-state index in [0.29, 0.717) is 0 Å². The van der Waals surface area contributed by atoms with Crippen molar-refractivity contribution < 1.29 is 4.42 Å². The van der Waals surface area contributed by atoms with Gasteiger partial charge in [0.1, 0.15) is 5.76 Å². The summed E-state index contributed by atoms with van der Waals surface area (Å²) >= 11 is 6.09.